The van der Waals surface area contributed by atoms with Crippen molar-refractivity contribution in [2.24, 2.45) is 0 Å². The molecule has 0 aliphatic rings. The minimum atomic E-state index is -0.601. The molecule has 0 bridgehead atoms. The molecule has 1 amide bonds. The Labute approximate surface area is 146 Å². The first-order valence-electron chi connectivity index (χ1n) is 7.13. The molecular formula is C17H15BrFNO4. The van der Waals surface area contributed by atoms with Crippen molar-refractivity contribution in [2.75, 3.05) is 19.8 Å². The van der Waals surface area contributed by atoms with Crippen molar-refractivity contribution < 1.29 is 23.5 Å². The van der Waals surface area contributed by atoms with Crippen LogP contribution < -0.4 is 10.1 Å². The summed E-state index contributed by atoms with van der Waals surface area (Å²) < 4.78 is 24.1. The van der Waals surface area contributed by atoms with Crippen LogP contribution in [0.1, 0.15) is 10.4 Å². The summed E-state index contributed by atoms with van der Waals surface area (Å²) in [6.45, 7) is -0.281. The van der Waals surface area contributed by atoms with Gasteiger partial charge in [0.25, 0.3) is 5.91 Å². The number of amides is 1. The normalized spacial score (nSPS) is 10.1. The van der Waals surface area contributed by atoms with Gasteiger partial charge in [-0.3, -0.25) is 9.59 Å². The van der Waals surface area contributed by atoms with Crippen LogP contribution in [0.15, 0.2) is 53.0 Å². The fraction of sp³-hybridized carbons (Fsp3) is 0.176. The number of hydrogen-bond acceptors (Lipinski definition) is 4. The maximum absolute atomic E-state index is 13.3. The zero-order valence-electron chi connectivity index (χ0n) is 12.6. The van der Waals surface area contributed by atoms with Gasteiger partial charge in [0.15, 0.2) is 11.6 Å². The van der Waals surface area contributed by atoms with E-state index in [1.807, 2.05) is 0 Å². The summed E-state index contributed by atoms with van der Waals surface area (Å²) in [5.74, 6) is -1.37. The lowest BCUT2D eigenvalue weighted by Gasteiger charge is -2.09. The number of carbonyl (C=O) groups is 2. The fourth-order valence-electron chi connectivity index (χ4n) is 1.80. The standard InChI is InChI=1S/C17H15BrFNO4/c18-13-5-3-4-12(10-13)17(22)20-11-16(21)24-9-8-23-15-7-2-1-6-14(15)19/h1-7,10H,8-9,11H2,(H,20,22). The lowest BCUT2D eigenvalue weighted by molar-refractivity contribution is -0.143. The largest absolute Gasteiger partial charge is 0.487 e. The molecule has 0 atom stereocenters. The van der Waals surface area contributed by atoms with Gasteiger partial charge >= 0.3 is 5.97 Å². The summed E-state index contributed by atoms with van der Waals surface area (Å²) in [7, 11) is 0. The molecule has 0 fully saturated rings. The fourth-order valence-corrected chi connectivity index (χ4v) is 2.20. The molecule has 0 radical (unpaired) electrons. The molecule has 0 saturated heterocycles. The minimum Gasteiger partial charge on any atom is -0.487 e. The number of benzene rings is 2. The molecule has 0 spiro atoms. The van der Waals surface area contributed by atoms with Crippen molar-refractivity contribution in [3.05, 3.63) is 64.4 Å². The summed E-state index contributed by atoms with van der Waals surface area (Å²) in [5.41, 5.74) is 0.431. The van der Waals surface area contributed by atoms with Crippen LogP contribution >= 0.6 is 15.9 Å². The van der Waals surface area contributed by atoms with Gasteiger partial charge in [-0.05, 0) is 30.3 Å². The monoisotopic (exact) mass is 395 g/mol. The van der Waals surface area contributed by atoms with Crippen molar-refractivity contribution in [1.29, 1.82) is 0 Å². The highest BCUT2D eigenvalue weighted by molar-refractivity contribution is 9.10. The summed E-state index contributed by atoms with van der Waals surface area (Å²) in [6, 6.07) is 12.7. The second-order valence-corrected chi connectivity index (χ2v) is 5.61. The highest BCUT2D eigenvalue weighted by Crippen LogP contribution is 2.15. The molecule has 24 heavy (non-hydrogen) atoms. The van der Waals surface area contributed by atoms with E-state index in [4.69, 9.17) is 9.47 Å². The van der Waals surface area contributed by atoms with Gasteiger partial charge in [0.2, 0.25) is 0 Å². The van der Waals surface area contributed by atoms with Gasteiger partial charge < -0.3 is 14.8 Å². The minimum absolute atomic E-state index is 0.0201. The van der Waals surface area contributed by atoms with E-state index in [9.17, 15) is 14.0 Å². The van der Waals surface area contributed by atoms with Crippen LogP contribution in [0.5, 0.6) is 5.75 Å². The van der Waals surface area contributed by atoms with Crippen LogP contribution in [-0.2, 0) is 9.53 Å². The van der Waals surface area contributed by atoms with Gasteiger partial charge in [-0.1, -0.05) is 34.1 Å². The number of halogens is 2. The lowest BCUT2D eigenvalue weighted by Crippen LogP contribution is -2.31. The maximum Gasteiger partial charge on any atom is 0.325 e. The molecule has 0 aliphatic heterocycles. The number of hydrogen-bond donors (Lipinski definition) is 1. The quantitative estimate of drug-likeness (QED) is 0.578. The molecule has 7 heteroatoms. The molecule has 0 heterocycles. The number of rotatable bonds is 7. The van der Waals surface area contributed by atoms with Crippen LogP contribution in [-0.4, -0.2) is 31.6 Å². The highest BCUT2D eigenvalue weighted by atomic mass is 79.9. The first-order chi connectivity index (χ1) is 11.6. The lowest BCUT2D eigenvalue weighted by atomic mass is 10.2. The first kappa shape index (κ1) is 17.9. The van der Waals surface area contributed by atoms with Crippen LogP contribution in [0.25, 0.3) is 0 Å². The van der Waals surface area contributed by atoms with Gasteiger partial charge in [0.1, 0.15) is 19.8 Å². The molecule has 1 N–H and O–H groups in total. The summed E-state index contributed by atoms with van der Waals surface area (Å²) in [6.07, 6.45) is 0. The van der Waals surface area contributed by atoms with Gasteiger partial charge in [-0.2, -0.15) is 0 Å². The third-order valence-corrected chi connectivity index (χ3v) is 3.41. The van der Waals surface area contributed by atoms with Crippen molar-refractivity contribution >= 4 is 27.8 Å². The Morgan fingerprint density at radius 2 is 1.88 bits per heavy atom. The average molecular weight is 396 g/mol. The maximum atomic E-state index is 13.3. The van der Waals surface area contributed by atoms with E-state index in [-0.39, 0.29) is 31.4 Å². The molecule has 2 aromatic carbocycles. The van der Waals surface area contributed by atoms with E-state index in [1.165, 1.54) is 12.1 Å². The van der Waals surface area contributed by atoms with Gasteiger partial charge in [0.05, 0.1) is 0 Å². The summed E-state index contributed by atoms with van der Waals surface area (Å²) in [4.78, 5) is 23.4. The number of esters is 1. The van der Waals surface area contributed by atoms with Crippen molar-refractivity contribution in [3.63, 3.8) is 0 Å². The zero-order chi connectivity index (χ0) is 17.4. The van der Waals surface area contributed by atoms with E-state index in [1.54, 1.807) is 36.4 Å². The third-order valence-electron chi connectivity index (χ3n) is 2.92. The number of nitrogens with one attached hydrogen (secondary N) is 1. The molecule has 0 aliphatic carbocycles. The Balaban J connectivity index is 1.66. The van der Waals surface area contributed by atoms with E-state index >= 15 is 0 Å². The van der Waals surface area contributed by atoms with Crippen LogP contribution in [0.3, 0.4) is 0 Å². The van der Waals surface area contributed by atoms with Crippen LogP contribution in [0, 0.1) is 5.82 Å². The first-order valence-corrected chi connectivity index (χ1v) is 7.92. The second-order valence-electron chi connectivity index (χ2n) is 4.69. The smallest absolute Gasteiger partial charge is 0.325 e. The zero-order valence-corrected chi connectivity index (χ0v) is 14.2. The van der Waals surface area contributed by atoms with E-state index < -0.39 is 11.8 Å². The molecule has 2 aromatic rings. The van der Waals surface area contributed by atoms with Crippen molar-refractivity contribution in [1.82, 2.24) is 5.32 Å². The molecule has 0 aromatic heterocycles. The number of carbonyl (C=O) groups excluding carboxylic acids is 2. The Kier molecular flexibility index (Phi) is 6.74. The van der Waals surface area contributed by atoms with Gasteiger partial charge in [-0.15, -0.1) is 0 Å². The van der Waals surface area contributed by atoms with Gasteiger partial charge in [-0.25, -0.2) is 4.39 Å². The van der Waals surface area contributed by atoms with Crippen molar-refractivity contribution in [2.45, 2.75) is 0 Å². The Hall–Kier alpha value is -2.41. The Morgan fingerprint density at radius 3 is 2.62 bits per heavy atom. The highest BCUT2D eigenvalue weighted by Gasteiger charge is 2.09. The SMILES string of the molecule is O=C(CNC(=O)c1cccc(Br)c1)OCCOc1ccccc1F. The molecule has 5 nitrogen and oxygen atoms in total. The summed E-state index contributed by atoms with van der Waals surface area (Å²) >= 11 is 3.26. The predicted molar refractivity (Wildman–Crippen MR) is 89.3 cm³/mol. The molecule has 0 saturated carbocycles. The van der Waals surface area contributed by atoms with Crippen LogP contribution in [0.4, 0.5) is 4.39 Å². The predicted octanol–water partition coefficient (Wildman–Crippen LogP) is 2.94. The van der Waals surface area contributed by atoms with Crippen molar-refractivity contribution in [3.8, 4) is 5.75 Å². The second kappa shape index (κ2) is 9.02. The number of para-hydroxylation sites is 1. The number of ether oxygens (including phenoxy) is 2. The summed E-state index contributed by atoms with van der Waals surface area (Å²) in [5, 5.41) is 2.46. The topological polar surface area (TPSA) is 64.6 Å². The van der Waals surface area contributed by atoms with Crippen LogP contribution in [0.2, 0.25) is 0 Å². The Morgan fingerprint density at radius 1 is 1.08 bits per heavy atom. The molecular weight excluding hydrogens is 381 g/mol. The van der Waals surface area contributed by atoms with E-state index in [0.717, 1.165) is 4.47 Å². The van der Waals surface area contributed by atoms with E-state index in [2.05, 4.69) is 21.2 Å². The average Bonchev–Trinajstić information content (AvgIpc) is 2.58. The Bertz CT molecular complexity index is 723. The van der Waals surface area contributed by atoms with Gasteiger partial charge in [0, 0.05) is 10.0 Å². The van der Waals surface area contributed by atoms with E-state index in [0.29, 0.717) is 5.56 Å². The molecule has 126 valence electrons. The molecule has 2 rings (SSSR count). The molecule has 0 unspecified atom stereocenters. The third kappa shape index (κ3) is 5.66.